The van der Waals surface area contributed by atoms with Crippen molar-refractivity contribution in [2.45, 2.75) is 19.6 Å². The van der Waals surface area contributed by atoms with Gasteiger partial charge in [0.25, 0.3) is 0 Å². The van der Waals surface area contributed by atoms with Crippen molar-refractivity contribution in [2.75, 3.05) is 26.2 Å². The molecule has 1 aliphatic heterocycles. The molecule has 0 bridgehead atoms. The molecule has 1 heterocycles. The molecule has 1 N–H and O–H groups in total. The minimum Gasteiger partial charge on any atom is -0.450 e. The molecule has 1 saturated heterocycles. The van der Waals surface area contributed by atoms with E-state index in [-0.39, 0.29) is 32.1 Å². The molecular formula is C15H20N2O4. The summed E-state index contributed by atoms with van der Waals surface area (Å²) in [5, 5.41) is 10.00. The van der Waals surface area contributed by atoms with Gasteiger partial charge in [0, 0.05) is 13.1 Å². The second kappa shape index (κ2) is 7.08. The topological polar surface area (TPSA) is 70.1 Å². The highest BCUT2D eigenvalue weighted by Gasteiger charge is 2.29. The molecule has 1 fully saturated rings. The van der Waals surface area contributed by atoms with Crippen LogP contribution in [-0.4, -0.2) is 59.3 Å². The molecule has 0 spiro atoms. The summed E-state index contributed by atoms with van der Waals surface area (Å²) in [6.45, 7) is 2.62. The fourth-order valence-electron chi connectivity index (χ4n) is 2.31. The van der Waals surface area contributed by atoms with Crippen LogP contribution in [0, 0.1) is 0 Å². The molecule has 0 aliphatic carbocycles. The van der Waals surface area contributed by atoms with E-state index in [1.165, 1.54) is 4.90 Å². The predicted octanol–water partition coefficient (Wildman–Crippen LogP) is 0.848. The second-order valence-electron chi connectivity index (χ2n) is 4.99. The van der Waals surface area contributed by atoms with E-state index in [0.717, 1.165) is 5.56 Å². The third kappa shape index (κ3) is 4.19. The third-order valence-corrected chi connectivity index (χ3v) is 3.28. The standard InChI is InChI=1S/C15H20N2O4/c1-2-21-15(20)17-10-13(18)9-16(14(19)11-17)8-12-6-4-3-5-7-12/h3-7,13,18H,2,8-11H2,1H3. The van der Waals surface area contributed by atoms with E-state index in [9.17, 15) is 14.7 Å². The maximum absolute atomic E-state index is 12.2. The Balaban J connectivity index is 2.05. The van der Waals surface area contributed by atoms with Crippen LogP contribution in [-0.2, 0) is 16.1 Å². The lowest BCUT2D eigenvalue weighted by Crippen LogP contribution is -2.39. The van der Waals surface area contributed by atoms with Gasteiger partial charge in [-0.25, -0.2) is 4.79 Å². The van der Waals surface area contributed by atoms with Gasteiger partial charge < -0.3 is 14.7 Å². The summed E-state index contributed by atoms with van der Waals surface area (Å²) in [4.78, 5) is 26.8. The van der Waals surface area contributed by atoms with Crippen molar-refractivity contribution in [2.24, 2.45) is 0 Å². The molecule has 0 radical (unpaired) electrons. The fraction of sp³-hybridized carbons (Fsp3) is 0.467. The smallest absolute Gasteiger partial charge is 0.410 e. The number of aliphatic hydroxyl groups is 1. The van der Waals surface area contributed by atoms with E-state index in [1.807, 2.05) is 30.3 Å². The Morgan fingerprint density at radius 2 is 2.05 bits per heavy atom. The summed E-state index contributed by atoms with van der Waals surface area (Å²) in [6.07, 6.45) is -1.34. The van der Waals surface area contributed by atoms with Gasteiger partial charge in [-0.3, -0.25) is 9.69 Å². The molecule has 6 nitrogen and oxygen atoms in total. The molecule has 114 valence electrons. The minimum absolute atomic E-state index is 0.0667. The van der Waals surface area contributed by atoms with Gasteiger partial charge >= 0.3 is 6.09 Å². The number of amides is 2. The average Bonchev–Trinajstić information content (AvgIpc) is 2.60. The molecule has 1 atom stereocenters. The van der Waals surface area contributed by atoms with Crippen molar-refractivity contribution >= 4 is 12.0 Å². The van der Waals surface area contributed by atoms with Gasteiger partial charge in [-0.2, -0.15) is 0 Å². The average molecular weight is 292 g/mol. The number of β-amino-alcohol motifs (C(OH)–C–C–N with tert-alkyl or cyclic N) is 1. The summed E-state index contributed by atoms with van der Waals surface area (Å²) in [6, 6.07) is 9.56. The van der Waals surface area contributed by atoms with E-state index < -0.39 is 12.2 Å². The quantitative estimate of drug-likeness (QED) is 0.896. The highest BCUT2D eigenvalue weighted by molar-refractivity contribution is 5.82. The lowest BCUT2D eigenvalue weighted by Gasteiger charge is -2.21. The van der Waals surface area contributed by atoms with Crippen molar-refractivity contribution in [3.05, 3.63) is 35.9 Å². The van der Waals surface area contributed by atoms with Crippen LogP contribution >= 0.6 is 0 Å². The van der Waals surface area contributed by atoms with E-state index in [2.05, 4.69) is 0 Å². The first-order chi connectivity index (χ1) is 10.1. The van der Waals surface area contributed by atoms with Crippen molar-refractivity contribution in [1.82, 2.24) is 9.80 Å². The third-order valence-electron chi connectivity index (χ3n) is 3.28. The Labute approximate surface area is 123 Å². The van der Waals surface area contributed by atoms with Crippen LogP contribution in [0.5, 0.6) is 0 Å². The van der Waals surface area contributed by atoms with E-state index in [1.54, 1.807) is 11.8 Å². The lowest BCUT2D eigenvalue weighted by molar-refractivity contribution is -0.132. The molecule has 21 heavy (non-hydrogen) atoms. The summed E-state index contributed by atoms with van der Waals surface area (Å²) in [5.41, 5.74) is 0.989. The van der Waals surface area contributed by atoms with E-state index in [4.69, 9.17) is 4.74 Å². The molecule has 0 aromatic heterocycles. The summed E-state index contributed by atoms with van der Waals surface area (Å²) in [7, 11) is 0. The first-order valence-corrected chi connectivity index (χ1v) is 7.01. The Hall–Kier alpha value is -2.08. The van der Waals surface area contributed by atoms with Crippen LogP contribution in [0.2, 0.25) is 0 Å². The van der Waals surface area contributed by atoms with Crippen LogP contribution in [0.1, 0.15) is 12.5 Å². The highest BCUT2D eigenvalue weighted by Crippen LogP contribution is 2.11. The maximum Gasteiger partial charge on any atom is 0.410 e. The normalized spacial score (nSPS) is 19.3. The van der Waals surface area contributed by atoms with Gasteiger partial charge in [0.1, 0.15) is 6.54 Å². The SMILES string of the molecule is CCOC(=O)N1CC(=O)N(Cc2ccccc2)CC(O)C1. The Morgan fingerprint density at radius 3 is 2.71 bits per heavy atom. The summed E-state index contributed by atoms with van der Waals surface area (Å²) >= 11 is 0. The number of rotatable bonds is 3. The van der Waals surface area contributed by atoms with Crippen LogP contribution in [0.3, 0.4) is 0 Å². The van der Waals surface area contributed by atoms with Crippen LogP contribution in [0.4, 0.5) is 4.79 Å². The number of carbonyl (C=O) groups excluding carboxylic acids is 2. The number of hydrogen-bond acceptors (Lipinski definition) is 4. The predicted molar refractivity (Wildman–Crippen MR) is 76.5 cm³/mol. The maximum atomic E-state index is 12.2. The lowest BCUT2D eigenvalue weighted by atomic mass is 10.2. The van der Waals surface area contributed by atoms with Crippen LogP contribution in [0.15, 0.2) is 30.3 Å². The minimum atomic E-state index is -0.774. The summed E-state index contributed by atoms with van der Waals surface area (Å²) in [5.74, 6) is -0.191. The highest BCUT2D eigenvalue weighted by atomic mass is 16.6. The van der Waals surface area contributed by atoms with E-state index in [0.29, 0.717) is 6.54 Å². The van der Waals surface area contributed by atoms with Crippen LogP contribution < -0.4 is 0 Å². The number of carbonyl (C=O) groups is 2. The molecular weight excluding hydrogens is 272 g/mol. The molecule has 1 aromatic rings. The molecule has 0 saturated carbocycles. The molecule has 1 aromatic carbocycles. The van der Waals surface area contributed by atoms with Crippen LogP contribution in [0.25, 0.3) is 0 Å². The Bertz CT molecular complexity index is 492. The largest absolute Gasteiger partial charge is 0.450 e. The number of hydrogen-bond donors (Lipinski definition) is 1. The van der Waals surface area contributed by atoms with Gasteiger partial charge in [0.15, 0.2) is 0 Å². The Morgan fingerprint density at radius 1 is 1.33 bits per heavy atom. The number of ether oxygens (including phenoxy) is 1. The van der Waals surface area contributed by atoms with Crippen molar-refractivity contribution < 1.29 is 19.4 Å². The number of aliphatic hydroxyl groups excluding tert-OH is 1. The molecule has 6 heteroatoms. The molecule has 2 rings (SSSR count). The first kappa shape index (κ1) is 15.3. The molecule has 1 aliphatic rings. The first-order valence-electron chi connectivity index (χ1n) is 7.01. The number of benzene rings is 1. The van der Waals surface area contributed by atoms with Crippen molar-refractivity contribution in [3.8, 4) is 0 Å². The van der Waals surface area contributed by atoms with E-state index >= 15 is 0 Å². The van der Waals surface area contributed by atoms with Crippen molar-refractivity contribution in [3.63, 3.8) is 0 Å². The summed E-state index contributed by atoms with van der Waals surface area (Å²) < 4.78 is 4.89. The monoisotopic (exact) mass is 292 g/mol. The van der Waals surface area contributed by atoms with Gasteiger partial charge in [0.2, 0.25) is 5.91 Å². The van der Waals surface area contributed by atoms with Gasteiger partial charge in [0.05, 0.1) is 19.3 Å². The Kier molecular flexibility index (Phi) is 5.16. The molecule has 2 amide bonds. The van der Waals surface area contributed by atoms with Gasteiger partial charge in [-0.15, -0.1) is 0 Å². The van der Waals surface area contributed by atoms with Gasteiger partial charge in [-0.05, 0) is 12.5 Å². The van der Waals surface area contributed by atoms with Crippen molar-refractivity contribution in [1.29, 1.82) is 0 Å². The molecule has 1 unspecified atom stereocenters. The second-order valence-corrected chi connectivity index (χ2v) is 4.99. The fourth-order valence-corrected chi connectivity index (χ4v) is 2.31. The zero-order valence-corrected chi connectivity index (χ0v) is 12.1. The number of nitrogens with zero attached hydrogens (tertiary/aromatic N) is 2. The zero-order chi connectivity index (χ0) is 15.2. The van der Waals surface area contributed by atoms with Gasteiger partial charge in [-0.1, -0.05) is 30.3 Å². The zero-order valence-electron chi connectivity index (χ0n) is 12.1.